The van der Waals surface area contributed by atoms with Gasteiger partial charge in [-0.15, -0.1) is 5.10 Å². The number of carbonyl (C=O) groups excluding carboxylic acids is 1. The fourth-order valence-corrected chi connectivity index (χ4v) is 4.02. The van der Waals surface area contributed by atoms with E-state index in [4.69, 9.17) is 14.2 Å². The monoisotopic (exact) mass is 407 g/mol. The fourth-order valence-electron chi connectivity index (χ4n) is 4.02. The first kappa shape index (κ1) is 18.7. The van der Waals surface area contributed by atoms with E-state index in [-0.39, 0.29) is 30.2 Å². The van der Waals surface area contributed by atoms with E-state index in [1.165, 1.54) is 0 Å². The van der Waals surface area contributed by atoms with Gasteiger partial charge >= 0.3 is 0 Å². The number of fused-ring (bicyclic) bond motifs is 1. The Balaban J connectivity index is 1.34. The minimum atomic E-state index is -0.259. The average Bonchev–Trinajstić information content (AvgIpc) is 3.52. The summed E-state index contributed by atoms with van der Waals surface area (Å²) >= 11 is 0. The minimum Gasteiger partial charge on any atom is -0.497 e. The second-order valence-electron chi connectivity index (χ2n) is 7.29. The zero-order valence-corrected chi connectivity index (χ0v) is 16.3. The van der Waals surface area contributed by atoms with Gasteiger partial charge in [0.2, 0.25) is 0 Å². The zero-order valence-electron chi connectivity index (χ0n) is 16.3. The molecule has 2 saturated heterocycles. The predicted octanol–water partition coefficient (Wildman–Crippen LogP) is 1.49. The number of ether oxygens (including phenoxy) is 3. The van der Waals surface area contributed by atoms with Crippen molar-refractivity contribution in [2.45, 2.75) is 24.3 Å². The smallest absolute Gasteiger partial charge is 0.251 e. The molecule has 1 amide bonds. The van der Waals surface area contributed by atoms with Crippen LogP contribution in [0.4, 0.5) is 0 Å². The molecule has 3 heterocycles. The number of nitrogens with zero attached hydrogens (tertiary/aromatic N) is 4. The van der Waals surface area contributed by atoms with E-state index in [0.29, 0.717) is 24.6 Å². The van der Waals surface area contributed by atoms with Gasteiger partial charge in [-0.25, -0.2) is 4.68 Å². The summed E-state index contributed by atoms with van der Waals surface area (Å²) in [7, 11) is 1.62. The molecule has 0 saturated carbocycles. The van der Waals surface area contributed by atoms with Crippen molar-refractivity contribution in [2.75, 3.05) is 20.3 Å². The molecule has 1 N–H and O–H groups in total. The second kappa shape index (κ2) is 7.85. The number of rotatable bonds is 5. The number of tetrazole rings is 1. The van der Waals surface area contributed by atoms with Crippen LogP contribution < -0.4 is 10.1 Å². The lowest BCUT2D eigenvalue weighted by Crippen LogP contribution is -2.44. The summed E-state index contributed by atoms with van der Waals surface area (Å²) < 4.78 is 19.1. The maximum Gasteiger partial charge on any atom is 0.251 e. The highest BCUT2D eigenvalue weighted by Gasteiger charge is 2.50. The Morgan fingerprint density at radius 2 is 1.93 bits per heavy atom. The van der Waals surface area contributed by atoms with Gasteiger partial charge in [0.05, 0.1) is 26.4 Å². The van der Waals surface area contributed by atoms with Crippen molar-refractivity contribution in [3.05, 3.63) is 60.2 Å². The highest BCUT2D eigenvalue weighted by Crippen LogP contribution is 2.36. The second-order valence-corrected chi connectivity index (χ2v) is 7.29. The molecule has 5 rings (SSSR count). The summed E-state index contributed by atoms with van der Waals surface area (Å²) in [6, 6.07) is 16.3. The van der Waals surface area contributed by atoms with Crippen LogP contribution in [-0.4, -0.2) is 64.7 Å². The molecule has 2 fully saturated rings. The number of amides is 1. The molecule has 0 radical (unpaired) electrons. The molecule has 9 heteroatoms. The van der Waals surface area contributed by atoms with Crippen molar-refractivity contribution >= 4 is 5.91 Å². The van der Waals surface area contributed by atoms with Crippen molar-refractivity contribution in [2.24, 2.45) is 0 Å². The van der Waals surface area contributed by atoms with E-state index in [0.717, 1.165) is 11.3 Å². The van der Waals surface area contributed by atoms with Crippen molar-refractivity contribution in [1.82, 2.24) is 25.5 Å². The molecule has 3 aromatic rings. The van der Waals surface area contributed by atoms with E-state index >= 15 is 0 Å². The third-order valence-corrected chi connectivity index (χ3v) is 5.51. The van der Waals surface area contributed by atoms with Gasteiger partial charge in [0.1, 0.15) is 24.0 Å². The van der Waals surface area contributed by atoms with E-state index in [9.17, 15) is 4.79 Å². The summed E-state index contributed by atoms with van der Waals surface area (Å²) in [4.78, 5) is 12.5. The molecule has 0 spiro atoms. The molecule has 9 nitrogen and oxygen atoms in total. The summed E-state index contributed by atoms with van der Waals surface area (Å²) in [6.45, 7) is 0.774. The van der Waals surface area contributed by atoms with Gasteiger partial charge in [0.15, 0.2) is 5.82 Å². The molecule has 2 aliphatic rings. The lowest BCUT2D eigenvalue weighted by Gasteiger charge is -2.18. The van der Waals surface area contributed by atoms with Gasteiger partial charge < -0.3 is 19.5 Å². The summed E-state index contributed by atoms with van der Waals surface area (Å²) in [5.74, 6) is 1.20. The van der Waals surface area contributed by atoms with Gasteiger partial charge in [-0.05, 0) is 34.7 Å². The first-order valence-electron chi connectivity index (χ1n) is 9.76. The number of nitrogens with one attached hydrogen (secondary N) is 1. The summed E-state index contributed by atoms with van der Waals surface area (Å²) in [6.07, 6.45) is -0.510. The van der Waals surface area contributed by atoms with Crippen molar-refractivity contribution in [3.63, 3.8) is 0 Å². The Kier molecular flexibility index (Phi) is 4.89. The van der Waals surface area contributed by atoms with Gasteiger partial charge in [-0.2, -0.15) is 0 Å². The van der Waals surface area contributed by atoms with Crippen LogP contribution in [-0.2, 0) is 9.47 Å². The number of carbonyl (C=O) groups is 1. The van der Waals surface area contributed by atoms with Gasteiger partial charge in [0.25, 0.3) is 5.91 Å². The highest BCUT2D eigenvalue weighted by molar-refractivity contribution is 5.94. The third kappa shape index (κ3) is 3.31. The quantitative estimate of drug-likeness (QED) is 0.684. The van der Waals surface area contributed by atoms with Crippen LogP contribution >= 0.6 is 0 Å². The number of methoxy groups -OCH3 is 1. The molecule has 0 aliphatic carbocycles. The molecule has 0 unspecified atom stereocenters. The van der Waals surface area contributed by atoms with Crippen molar-refractivity contribution in [1.29, 1.82) is 0 Å². The van der Waals surface area contributed by atoms with Crippen LogP contribution in [0, 0.1) is 0 Å². The number of hydrogen-bond donors (Lipinski definition) is 1. The average molecular weight is 407 g/mol. The molecular weight excluding hydrogens is 386 g/mol. The van der Waals surface area contributed by atoms with E-state index in [1.807, 2.05) is 42.5 Å². The van der Waals surface area contributed by atoms with Crippen LogP contribution in [0.5, 0.6) is 5.75 Å². The first-order chi connectivity index (χ1) is 14.7. The maximum atomic E-state index is 12.5. The molecule has 2 aromatic carbocycles. The Hall–Kier alpha value is -3.30. The predicted molar refractivity (Wildman–Crippen MR) is 106 cm³/mol. The number of hydrogen-bond acceptors (Lipinski definition) is 7. The van der Waals surface area contributed by atoms with E-state index in [2.05, 4.69) is 20.8 Å². The fraction of sp³-hybridized carbons (Fsp3) is 0.333. The Bertz CT molecular complexity index is 1040. The van der Waals surface area contributed by atoms with Gasteiger partial charge in [-0.3, -0.25) is 4.79 Å². The number of benzene rings is 2. The van der Waals surface area contributed by atoms with E-state index in [1.54, 1.807) is 23.9 Å². The van der Waals surface area contributed by atoms with Crippen LogP contribution in [0.1, 0.15) is 16.4 Å². The molecule has 4 atom stereocenters. The minimum absolute atomic E-state index is 0.142. The van der Waals surface area contributed by atoms with E-state index < -0.39 is 0 Å². The van der Waals surface area contributed by atoms with Crippen LogP contribution in [0.25, 0.3) is 11.4 Å². The van der Waals surface area contributed by atoms with Gasteiger partial charge in [-0.1, -0.05) is 30.3 Å². The van der Waals surface area contributed by atoms with Gasteiger partial charge in [0, 0.05) is 11.1 Å². The third-order valence-electron chi connectivity index (χ3n) is 5.51. The SMILES string of the molecule is COc1cccc(-c2nnnn2[C@H]2CO[C@H]3[C@@H]2OC[C@@H]3NC(=O)c2ccccc2)c1. The maximum absolute atomic E-state index is 12.5. The van der Waals surface area contributed by atoms with Crippen molar-refractivity contribution in [3.8, 4) is 17.1 Å². The topological polar surface area (TPSA) is 100 Å². The Morgan fingerprint density at radius 3 is 2.77 bits per heavy atom. The molecule has 154 valence electrons. The normalized spacial score (nSPS) is 25.1. The lowest BCUT2D eigenvalue weighted by atomic mass is 10.1. The Morgan fingerprint density at radius 1 is 1.10 bits per heavy atom. The highest BCUT2D eigenvalue weighted by atomic mass is 16.6. The molecule has 30 heavy (non-hydrogen) atoms. The summed E-state index contributed by atoms with van der Waals surface area (Å²) in [5.41, 5.74) is 1.45. The first-order valence-corrected chi connectivity index (χ1v) is 9.76. The molecular formula is C21H21N5O4. The van der Waals surface area contributed by atoms with Crippen LogP contribution in [0.2, 0.25) is 0 Å². The molecule has 0 bridgehead atoms. The van der Waals surface area contributed by atoms with Crippen molar-refractivity contribution < 1.29 is 19.0 Å². The lowest BCUT2D eigenvalue weighted by molar-refractivity contribution is 0.0615. The Labute approximate surface area is 172 Å². The number of aromatic nitrogens is 4. The molecule has 2 aliphatic heterocycles. The zero-order chi connectivity index (χ0) is 20.5. The van der Waals surface area contributed by atoms with Crippen LogP contribution in [0.15, 0.2) is 54.6 Å². The standard InChI is InChI=1S/C21H21N5O4/c1-28-15-9-5-8-14(10-15)20-23-24-25-26(20)17-12-30-18-16(11-29-19(17)18)22-21(27)13-6-3-2-4-7-13/h2-10,16-19H,11-12H2,1H3,(H,22,27)/t16-,17-,18+,19+/m0/s1. The largest absolute Gasteiger partial charge is 0.497 e. The molecule has 1 aromatic heterocycles. The van der Waals surface area contributed by atoms with Crippen LogP contribution in [0.3, 0.4) is 0 Å². The summed E-state index contributed by atoms with van der Waals surface area (Å²) in [5, 5.41) is 15.3.